The average Bonchev–Trinajstić information content (AvgIpc) is 3.26. The lowest BCUT2D eigenvalue weighted by Gasteiger charge is -2.18. The van der Waals surface area contributed by atoms with Gasteiger partial charge in [0.2, 0.25) is 12.1 Å². The Balaban J connectivity index is 1.31. The minimum Gasteiger partial charge on any atom is -0.323 e. The van der Waals surface area contributed by atoms with E-state index < -0.39 is 70.8 Å². The van der Waals surface area contributed by atoms with E-state index in [1.807, 2.05) is 0 Å². The van der Waals surface area contributed by atoms with Crippen LogP contribution in [0, 0.1) is 0 Å². The number of anilines is 4. The van der Waals surface area contributed by atoms with Crippen LogP contribution in [0.3, 0.4) is 0 Å². The van der Waals surface area contributed by atoms with Crippen molar-refractivity contribution in [3.05, 3.63) is 138 Å². The van der Waals surface area contributed by atoms with Gasteiger partial charge in [-0.3, -0.25) is 28.8 Å². The molecule has 14 nitrogen and oxygen atoms in total. The van der Waals surface area contributed by atoms with E-state index in [-0.39, 0.29) is 78.2 Å². The third-order valence-corrected chi connectivity index (χ3v) is 10.9. The number of azo groups is 2. The molecular weight excluding hydrogens is 1020 g/mol. The molecule has 2 atom stereocenters. The summed E-state index contributed by atoms with van der Waals surface area (Å²) in [4.78, 5) is 78.7. The minimum absolute atomic E-state index is 0.0464. The van der Waals surface area contributed by atoms with Crippen molar-refractivity contribution in [2.45, 2.75) is 65.0 Å². The number of nitrogens with zero attached hydrogens (tertiary/aromatic N) is 4. The summed E-state index contributed by atoms with van der Waals surface area (Å²) in [6.07, 6.45) is -8.89. The molecule has 0 saturated heterocycles. The first-order valence-electron chi connectivity index (χ1n) is 20.3. The maximum Gasteiger partial charge on any atom is 0.416 e. The van der Waals surface area contributed by atoms with E-state index in [0.717, 1.165) is 50.2 Å². The normalized spacial score (nSPS) is 12.7. The van der Waals surface area contributed by atoms with E-state index in [4.69, 9.17) is 46.4 Å². The molecule has 0 radical (unpaired) electrons. The van der Waals surface area contributed by atoms with Crippen LogP contribution < -0.4 is 21.3 Å². The summed E-state index contributed by atoms with van der Waals surface area (Å²) in [5.74, 6) is -5.13. The van der Waals surface area contributed by atoms with Crippen LogP contribution in [0.15, 0.2) is 105 Å². The molecule has 0 fully saturated rings. The quantitative estimate of drug-likeness (QED) is 0.0430. The van der Waals surface area contributed by atoms with Crippen LogP contribution in [0.25, 0.3) is 0 Å². The van der Waals surface area contributed by atoms with E-state index in [9.17, 15) is 55.1 Å². The second-order valence-corrected chi connectivity index (χ2v) is 16.7. The maximum absolute atomic E-state index is 13.6. The van der Waals surface area contributed by atoms with E-state index in [2.05, 4.69) is 41.7 Å². The second kappa shape index (κ2) is 22.8. The van der Waals surface area contributed by atoms with Gasteiger partial charge in [0.1, 0.15) is 0 Å². The summed E-state index contributed by atoms with van der Waals surface area (Å²) in [7, 11) is 0. The van der Waals surface area contributed by atoms with Crippen molar-refractivity contribution in [1.29, 1.82) is 0 Å². The Bertz CT molecular complexity index is 2770. The summed E-state index contributed by atoms with van der Waals surface area (Å²) in [5.41, 5.74) is -1.93. The van der Waals surface area contributed by atoms with Gasteiger partial charge in [-0.15, -0.1) is 0 Å². The molecule has 24 heteroatoms. The van der Waals surface area contributed by atoms with Gasteiger partial charge in [-0.25, -0.2) is 0 Å². The van der Waals surface area contributed by atoms with Gasteiger partial charge in [-0.2, -0.15) is 46.8 Å². The molecule has 0 aliphatic rings. The molecule has 5 aromatic carbocycles. The van der Waals surface area contributed by atoms with E-state index >= 15 is 0 Å². The predicted molar refractivity (Wildman–Crippen MR) is 252 cm³/mol. The predicted octanol–water partition coefficient (Wildman–Crippen LogP) is 13.3. The maximum atomic E-state index is 13.6. The molecule has 5 aromatic rings. The van der Waals surface area contributed by atoms with Gasteiger partial charge >= 0.3 is 12.4 Å². The van der Waals surface area contributed by atoms with Crippen LogP contribution in [0.5, 0.6) is 0 Å². The molecule has 366 valence electrons. The van der Waals surface area contributed by atoms with Crippen LogP contribution in [-0.4, -0.2) is 47.3 Å². The number of rotatable bonds is 16. The van der Waals surface area contributed by atoms with Crippen LogP contribution >= 0.6 is 46.4 Å². The number of nitrogens with one attached hydrogen (secondary N) is 4. The molecule has 0 saturated carbocycles. The first kappa shape index (κ1) is 54.2. The lowest BCUT2D eigenvalue weighted by Crippen LogP contribution is -2.33. The van der Waals surface area contributed by atoms with Crippen LogP contribution in [0.2, 0.25) is 20.1 Å². The van der Waals surface area contributed by atoms with Crippen LogP contribution in [0.1, 0.15) is 70.7 Å². The fraction of sp³-hybridized carbons (Fsp3) is 0.217. The van der Waals surface area contributed by atoms with E-state index in [0.29, 0.717) is 23.3 Å². The zero-order chi connectivity index (χ0) is 51.8. The zero-order valence-corrected chi connectivity index (χ0v) is 39.7. The van der Waals surface area contributed by atoms with Gasteiger partial charge < -0.3 is 21.3 Å². The Labute approximate surface area is 414 Å². The Morgan fingerprint density at radius 2 is 0.857 bits per heavy atom. The van der Waals surface area contributed by atoms with Gasteiger partial charge in [0, 0.05) is 32.5 Å². The Hall–Kier alpha value is -6.74. The highest BCUT2D eigenvalue weighted by Gasteiger charge is 2.33. The molecule has 0 heterocycles. The Morgan fingerprint density at radius 3 is 1.17 bits per heavy atom. The molecule has 4 amide bonds. The molecule has 0 aliphatic heterocycles. The second-order valence-electron chi connectivity index (χ2n) is 15.0. The number of aryl methyl sites for hydroxylation is 2. The van der Waals surface area contributed by atoms with Crippen molar-refractivity contribution >= 4 is 116 Å². The lowest BCUT2D eigenvalue weighted by molar-refractivity contribution is -0.138. The van der Waals surface area contributed by atoms with Gasteiger partial charge in [0.15, 0.2) is 11.6 Å². The van der Waals surface area contributed by atoms with Crippen molar-refractivity contribution in [2.24, 2.45) is 20.5 Å². The number of hydrogen-bond donors (Lipinski definition) is 4. The van der Waals surface area contributed by atoms with Gasteiger partial charge in [-0.1, -0.05) is 60.3 Å². The Morgan fingerprint density at radius 1 is 0.500 bits per heavy atom. The first-order chi connectivity index (χ1) is 32.8. The van der Waals surface area contributed by atoms with E-state index in [1.165, 1.54) is 36.4 Å². The highest BCUT2D eigenvalue weighted by atomic mass is 35.5. The van der Waals surface area contributed by atoms with Crippen molar-refractivity contribution in [1.82, 2.24) is 0 Å². The molecule has 2 unspecified atom stereocenters. The van der Waals surface area contributed by atoms with Crippen LogP contribution in [-0.2, 0) is 44.4 Å². The number of benzene rings is 5. The Kier molecular flexibility index (Phi) is 17.6. The monoisotopic (exact) mass is 1050 g/mol. The largest absolute Gasteiger partial charge is 0.416 e. The SMILES string of the molecule is CCc1cc(NC(=O)C(N=Nc2cc(Cl)cc(C(=O)Nc3cc(C(F)(F)F)ccc3Cl)c2)C(C)=O)c(CC)cc1NC(=O)C(N=Nc1cc(Cl)cc(C(=O)Nc2cc(C(F)(F)F)ccc2Cl)c1)C(C)=O. The number of alkyl halides is 6. The molecule has 0 bridgehead atoms. The third-order valence-electron chi connectivity index (χ3n) is 9.82. The fourth-order valence-corrected chi connectivity index (χ4v) is 7.09. The minimum atomic E-state index is -4.72. The average molecular weight is 1050 g/mol. The number of carbonyl (C=O) groups is 6. The molecule has 0 aromatic heterocycles. The molecule has 0 aliphatic carbocycles. The number of ketones is 2. The fourth-order valence-electron chi connectivity index (χ4n) is 6.30. The molecule has 5 rings (SSSR count). The highest BCUT2D eigenvalue weighted by molar-refractivity contribution is 6.35. The summed E-state index contributed by atoms with van der Waals surface area (Å²) < 4.78 is 79.7. The topological polar surface area (TPSA) is 200 Å². The van der Waals surface area contributed by atoms with Crippen molar-refractivity contribution in [3.8, 4) is 0 Å². The number of Topliss-reactive ketones (excluding diaryl/α,β-unsaturated/α-hetero) is 2. The number of hydrogen-bond acceptors (Lipinski definition) is 10. The summed E-state index contributed by atoms with van der Waals surface area (Å²) in [5, 5.41) is 25.1. The standard InChI is InChI=1S/C46H36Cl4F6N8O6/c1-5-23-15-36(58-44(70)40(22(4)66)64-62-32-14-26(12-30(48)20-32)42(68)60-38-18-28(46(54,55)56)8-10-34(38)50)24(6-2)16-35(23)57-43(69)39(21(3)65)63-61-31-13-25(11-29(47)19-31)41(67)59-37-17-27(45(51,52)53)7-9-33(37)49/h7-20,39-40H,5-6H2,1-4H3,(H,57,69)(H,58,70)(H,59,67)(H,60,68). The molecule has 4 N–H and O–H groups in total. The number of halogens is 10. The van der Waals surface area contributed by atoms with Crippen molar-refractivity contribution < 1.29 is 55.1 Å². The van der Waals surface area contributed by atoms with E-state index in [1.54, 1.807) is 13.8 Å². The van der Waals surface area contributed by atoms with Gasteiger partial charge in [-0.05, 0) is 123 Å². The van der Waals surface area contributed by atoms with Gasteiger partial charge in [0.25, 0.3) is 23.6 Å². The van der Waals surface area contributed by atoms with Crippen molar-refractivity contribution in [2.75, 3.05) is 21.3 Å². The first-order valence-corrected chi connectivity index (χ1v) is 21.9. The zero-order valence-electron chi connectivity index (χ0n) is 36.7. The number of amides is 4. The molecule has 0 spiro atoms. The summed E-state index contributed by atoms with van der Waals surface area (Å²) >= 11 is 24.4. The van der Waals surface area contributed by atoms with Crippen LogP contribution in [0.4, 0.5) is 60.5 Å². The molecule has 70 heavy (non-hydrogen) atoms. The summed E-state index contributed by atoms with van der Waals surface area (Å²) in [6, 6.07) is 11.6. The molecular formula is C46H36Cl4F6N8O6. The van der Waals surface area contributed by atoms with Crippen molar-refractivity contribution in [3.63, 3.8) is 0 Å². The van der Waals surface area contributed by atoms with Gasteiger partial charge in [0.05, 0.1) is 43.9 Å². The highest BCUT2D eigenvalue weighted by Crippen LogP contribution is 2.36. The number of carbonyl (C=O) groups excluding carboxylic acids is 6. The summed E-state index contributed by atoms with van der Waals surface area (Å²) in [6.45, 7) is 5.64. The smallest absolute Gasteiger partial charge is 0.323 e. The lowest BCUT2D eigenvalue weighted by atomic mass is 10.0. The third kappa shape index (κ3) is 14.2.